The molecule has 0 unspecified atom stereocenters. The third-order valence-electron chi connectivity index (χ3n) is 4.00. The Morgan fingerprint density at radius 1 is 1.07 bits per heavy atom. The lowest BCUT2D eigenvalue weighted by Gasteiger charge is -2.19. The van der Waals surface area contributed by atoms with E-state index in [4.69, 9.17) is 0 Å². The van der Waals surface area contributed by atoms with Gasteiger partial charge in [-0.1, -0.05) is 12.1 Å². The molecule has 2 aromatic carbocycles. The third kappa shape index (κ3) is 5.61. The average Bonchev–Trinajstić information content (AvgIpc) is 2.62. The van der Waals surface area contributed by atoms with Crippen molar-refractivity contribution < 1.29 is 22.4 Å². The largest absolute Gasteiger partial charge is 0.348 e. The number of anilines is 1. The summed E-state index contributed by atoms with van der Waals surface area (Å²) in [6.07, 6.45) is 0. The van der Waals surface area contributed by atoms with Crippen molar-refractivity contribution in [3.8, 4) is 0 Å². The summed E-state index contributed by atoms with van der Waals surface area (Å²) in [6, 6.07) is 10.9. The van der Waals surface area contributed by atoms with Crippen LogP contribution < -0.4 is 10.6 Å². The number of hydrogen-bond donors (Lipinski definition) is 2. The first-order valence-corrected chi connectivity index (χ1v) is 9.92. The lowest BCUT2D eigenvalue weighted by Crippen LogP contribution is -2.39. The van der Waals surface area contributed by atoms with Crippen molar-refractivity contribution in [1.82, 2.24) is 9.62 Å². The smallest absolute Gasteiger partial charge is 0.243 e. The normalized spacial score (nSPS) is 12.5. The van der Waals surface area contributed by atoms with E-state index in [-0.39, 0.29) is 23.2 Å². The van der Waals surface area contributed by atoms with E-state index in [0.29, 0.717) is 11.3 Å². The summed E-state index contributed by atoms with van der Waals surface area (Å²) in [5.74, 6) is -1.13. The van der Waals surface area contributed by atoms with Crippen molar-refractivity contribution in [1.29, 1.82) is 0 Å². The highest BCUT2D eigenvalue weighted by Crippen LogP contribution is 2.18. The summed E-state index contributed by atoms with van der Waals surface area (Å²) in [6.45, 7) is 2.70. The highest BCUT2D eigenvalue weighted by molar-refractivity contribution is 7.89. The standard InChI is InChI=1S/C19H22FN3O4S/c1-13(15-4-6-16(20)7-5-15)21-19(25)12-23(3)28(26,27)18-10-8-17(9-11-18)22-14(2)24/h4-11,13H,12H2,1-3H3,(H,21,25)(H,22,24)/t13-/m0/s1. The molecule has 2 amide bonds. The number of halogens is 1. The maximum absolute atomic E-state index is 13.0. The van der Waals surface area contributed by atoms with Gasteiger partial charge in [0.15, 0.2) is 0 Å². The molecule has 7 nitrogen and oxygen atoms in total. The van der Waals surface area contributed by atoms with Crippen LogP contribution in [0.2, 0.25) is 0 Å². The quantitative estimate of drug-likeness (QED) is 0.736. The van der Waals surface area contributed by atoms with Crippen LogP contribution in [0.4, 0.5) is 10.1 Å². The number of nitrogens with one attached hydrogen (secondary N) is 2. The molecule has 0 saturated carbocycles. The minimum absolute atomic E-state index is 0.00323. The lowest BCUT2D eigenvalue weighted by atomic mass is 10.1. The molecule has 2 rings (SSSR count). The van der Waals surface area contributed by atoms with Crippen molar-refractivity contribution in [2.24, 2.45) is 0 Å². The predicted octanol–water partition coefficient (Wildman–Crippen LogP) is 2.28. The Morgan fingerprint density at radius 2 is 1.64 bits per heavy atom. The Bertz CT molecular complexity index is 944. The number of amides is 2. The minimum atomic E-state index is -3.88. The maximum Gasteiger partial charge on any atom is 0.243 e. The first kappa shape index (κ1) is 21.5. The van der Waals surface area contributed by atoms with Gasteiger partial charge >= 0.3 is 0 Å². The van der Waals surface area contributed by atoms with Crippen LogP contribution in [0.1, 0.15) is 25.5 Å². The van der Waals surface area contributed by atoms with Gasteiger partial charge in [-0.05, 0) is 48.9 Å². The topological polar surface area (TPSA) is 95.6 Å². The molecule has 2 aromatic rings. The fourth-order valence-electron chi connectivity index (χ4n) is 2.50. The Labute approximate surface area is 163 Å². The van der Waals surface area contributed by atoms with Crippen molar-refractivity contribution in [3.63, 3.8) is 0 Å². The van der Waals surface area contributed by atoms with Crippen molar-refractivity contribution in [2.45, 2.75) is 24.8 Å². The monoisotopic (exact) mass is 407 g/mol. The van der Waals surface area contributed by atoms with Crippen LogP contribution in [0.25, 0.3) is 0 Å². The zero-order chi connectivity index (χ0) is 20.9. The summed E-state index contributed by atoms with van der Waals surface area (Å²) in [5.41, 5.74) is 1.17. The van der Waals surface area contributed by atoms with Crippen molar-refractivity contribution >= 4 is 27.5 Å². The number of nitrogens with zero attached hydrogens (tertiary/aromatic N) is 1. The fourth-order valence-corrected chi connectivity index (χ4v) is 3.63. The Balaban J connectivity index is 2.01. The van der Waals surface area contributed by atoms with Crippen LogP contribution in [0.3, 0.4) is 0 Å². The Kier molecular flexibility index (Phi) is 6.87. The third-order valence-corrected chi connectivity index (χ3v) is 5.81. The van der Waals surface area contributed by atoms with E-state index in [1.54, 1.807) is 19.1 Å². The van der Waals surface area contributed by atoms with Gasteiger partial charge in [-0.25, -0.2) is 12.8 Å². The van der Waals surface area contributed by atoms with Gasteiger partial charge in [0.05, 0.1) is 17.5 Å². The number of carbonyl (C=O) groups is 2. The van der Waals surface area contributed by atoms with Crippen molar-refractivity contribution in [2.75, 3.05) is 18.9 Å². The second-order valence-corrected chi connectivity index (χ2v) is 8.35. The van der Waals surface area contributed by atoms with E-state index in [1.807, 2.05) is 0 Å². The van der Waals surface area contributed by atoms with Crippen LogP contribution in [-0.2, 0) is 19.6 Å². The summed E-state index contributed by atoms with van der Waals surface area (Å²) in [5, 5.41) is 5.24. The van der Waals surface area contributed by atoms with Crippen LogP contribution in [0.5, 0.6) is 0 Å². The van der Waals surface area contributed by atoms with E-state index < -0.39 is 22.0 Å². The van der Waals surface area contributed by atoms with Crippen molar-refractivity contribution in [3.05, 3.63) is 59.9 Å². The molecule has 1 atom stereocenters. The predicted molar refractivity (Wildman–Crippen MR) is 104 cm³/mol. The van der Waals surface area contributed by atoms with Gasteiger partial charge in [-0.3, -0.25) is 9.59 Å². The van der Waals surface area contributed by atoms with Crippen LogP contribution in [0.15, 0.2) is 53.4 Å². The highest BCUT2D eigenvalue weighted by atomic mass is 32.2. The van der Waals surface area contributed by atoms with E-state index in [2.05, 4.69) is 10.6 Å². The van der Waals surface area contributed by atoms with E-state index in [0.717, 1.165) is 4.31 Å². The molecule has 0 aliphatic heterocycles. The number of carbonyl (C=O) groups excluding carboxylic acids is 2. The molecule has 0 aromatic heterocycles. The molecule has 0 saturated heterocycles. The SMILES string of the molecule is CC(=O)Nc1ccc(S(=O)(=O)N(C)CC(=O)N[C@@H](C)c2ccc(F)cc2)cc1. The molecule has 0 aliphatic rings. The van der Waals surface area contributed by atoms with Crippen LogP contribution in [-0.4, -0.2) is 38.1 Å². The number of hydrogen-bond acceptors (Lipinski definition) is 4. The zero-order valence-electron chi connectivity index (χ0n) is 15.8. The number of rotatable bonds is 7. The fraction of sp³-hybridized carbons (Fsp3) is 0.263. The molecule has 0 spiro atoms. The minimum Gasteiger partial charge on any atom is -0.348 e. The molecule has 0 radical (unpaired) electrons. The number of likely N-dealkylation sites (N-methyl/N-ethyl adjacent to an activating group) is 1. The molecule has 0 heterocycles. The highest BCUT2D eigenvalue weighted by Gasteiger charge is 2.23. The molecule has 0 bridgehead atoms. The van der Waals surface area contributed by atoms with Crippen LogP contribution >= 0.6 is 0 Å². The van der Waals surface area contributed by atoms with Gasteiger partial charge in [-0.15, -0.1) is 0 Å². The summed E-state index contributed by atoms with van der Waals surface area (Å²) in [4.78, 5) is 23.3. The van der Waals surface area contributed by atoms with Gasteiger partial charge in [0.25, 0.3) is 0 Å². The summed E-state index contributed by atoms with van der Waals surface area (Å²) in [7, 11) is -2.57. The van der Waals surface area contributed by atoms with Gasteiger partial charge in [0.2, 0.25) is 21.8 Å². The van der Waals surface area contributed by atoms with E-state index in [1.165, 1.54) is 50.4 Å². The Hall–Kier alpha value is -2.78. The molecule has 0 fully saturated rings. The summed E-state index contributed by atoms with van der Waals surface area (Å²) < 4.78 is 39.1. The molecular weight excluding hydrogens is 385 g/mol. The molecule has 2 N–H and O–H groups in total. The first-order valence-electron chi connectivity index (χ1n) is 8.48. The van der Waals surface area contributed by atoms with Gasteiger partial charge in [0.1, 0.15) is 5.82 Å². The molecular formula is C19H22FN3O4S. The Morgan fingerprint density at radius 3 is 2.18 bits per heavy atom. The van der Waals surface area contributed by atoms with Gasteiger partial charge in [-0.2, -0.15) is 4.31 Å². The molecule has 9 heteroatoms. The number of benzene rings is 2. The maximum atomic E-state index is 13.0. The molecule has 0 aliphatic carbocycles. The van der Waals surface area contributed by atoms with E-state index in [9.17, 15) is 22.4 Å². The lowest BCUT2D eigenvalue weighted by molar-refractivity contribution is -0.121. The number of sulfonamides is 1. The average molecular weight is 407 g/mol. The summed E-state index contributed by atoms with van der Waals surface area (Å²) >= 11 is 0. The second-order valence-electron chi connectivity index (χ2n) is 6.31. The zero-order valence-corrected chi connectivity index (χ0v) is 16.6. The van der Waals surface area contributed by atoms with Gasteiger partial charge in [0, 0.05) is 19.7 Å². The second kappa shape index (κ2) is 8.94. The van der Waals surface area contributed by atoms with Gasteiger partial charge < -0.3 is 10.6 Å². The molecule has 28 heavy (non-hydrogen) atoms. The first-order chi connectivity index (χ1) is 13.1. The van der Waals surface area contributed by atoms with E-state index >= 15 is 0 Å². The van der Waals surface area contributed by atoms with Crippen LogP contribution in [0, 0.1) is 5.82 Å². The molecule has 150 valence electrons.